The summed E-state index contributed by atoms with van der Waals surface area (Å²) in [5.74, 6) is -1.19. The molecular formula is C15H17NO4S. The number of furan rings is 1. The van der Waals surface area contributed by atoms with E-state index in [0.717, 1.165) is 16.0 Å². The minimum absolute atomic E-state index is 0.192. The van der Waals surface area contributed by atoms with Crippen LogP contribution in [0.4, 0.5) is 5.00 Å². The minimum Gasteiger partial charge on any atom is -0.478 e. The van der Waals surface area contributed by atoms with Gasteiger partial charge in [0, 0.05) is 11.3 Å². The van der Waals surface area contributed by atoms with E-state index in [1.54, 1.807) is 18.6 Å². The van der Waals surface area contributed by atoms with Crippen LogP contribution in [0.25, 0.3) is 0 Å². The molecule has 2 heterocycles. The number of aromatic carboxylic acids is 1. The van der Waals surface area contributed by atoms with E-state index in [1.165, 1.54) is 11.3 Å². The SMILES string of the molecule is CCc1c(C)sc(NC(=O)CCc2ccoc2)c1C(=O)O. The summed E-state index contributed by atoms with van der Waals surface area (Å²) in [6.07, 6.45) is 4.65. The Morgan fingerprint density at radius 1 is 1.43 bits per heavy atom. The second-order valence-electron chi connectivity index (χ2n) is 4.68. The molecule has 0 saturated carbocycles. The molecule has 0 unspecified atom stereocenters. The van der Waals surface area contributed by atoms with Crippen molar-refractivity contribution >= 4 is 28.2 Å². The third-order valence-corrected chi connectivity index (χ3v) is 4.31. The smallest absolute Gasteiger partial charge is 0.339 e. The highest BCUT2D eigenvalue weighted by molar-refractivity contribution is 7.16. The molecule has 5 nitrogen and oxygen atoms in total. The molecule has 6 heteroatoms. The van der Waals surface area contributed by atoms with Gasteiger partial charge in [0.15, 0.2) is 0 Å². The summed E-state index contributed by atoms with van der Waals surface area (Å²) in [7, 11) is 0. The van der Waals surface area contributed by atoms with Crippen LogP contribution in [0, 0.1) is 6.92 Å². The van der Waals surface area contributed by atoms with Crippen LogP contribution < -0.4 is 5.32 Å². The van der Waals surface area contributed by atoms with Gasteiger partial charge in [0.25, 0.3) is 0 Å². The average molecular weight is 307 g/mol. The van der Waals surface area contributed by atoms with Crippen LogP contribution in [-0.4, -0.2) is 17.0 Å². The lowest BCUT2D eigenvalue weighted by Crippen LogP contribution is -2.14. The molecule has 0 radical (unpaired) electrons. The molecule has 0 aliphatic carbocycles. The minimum atomic E-state index is -0.999. The van der Waals surface area contributed by atoms with Crippen molar-refractivity contribution in [1.29, 1.82) is 0 Å². The van der Waals surface area contributed by atoms with Crippen LogP contribution in [0.5, 0.6) is 0 Å². The molecule has 0 aliphatic rings. The van der Waals surface area contributed by atoms with E-state index in [9.17, 15) is 14.7 Å². The summed E-state index contributed by atoms with van der Waals surface area (Å²) < 4.78 is 4.94. The number of carboxylic acid groups (broad SMARTS) is 1. The first-order valence-electron chi connectivity index (χ1n) is 6.69. The van der Waals surface area contributed by atoms with Crippen molar-refractivity contribution in [2.45, 2.75) is 33.1 Å². The molecule has 0 atom stereocenters. The van der Waals surface area contributed by atoms with Crippen molar-refractivity contribution in [2.75, 3.05) is 5.32 Å². The highest BCUT2D eigenvalue weighted by atomic mass is 32.1. The van der Waals surface area contributed by atoms with Gasteiger partial charge < -0.3 is 14.8 Å². The molecule has 2 aromatic rings. The Bertz CT molecular complexity index is 643. The molecule has 0 bridgehead atoms. The van der Waals surface area contributed by atoms with Crippen LogP contribution in [0.15, 0.2) is 23.0 Å². The van der Waals surface area contributed by atoms with Crippen LogP contribution in [0.3, 0.4) is 0 Å². The van der Waals surface area contributed by atoms with Crippen LogP contribution in [0.2, 0.25) is 0 Å². The Kier molecular flexibility index (Phi) is 4.80. The predicted octanol–water partition coefficient (Wildman–Crippen LogP) is 3.48. The maximum absolute atomic E-state index is 12.0. The lowest BCUT2D eigenvalue weighted by molar-refractivity contribution is -0.116. The van der Waals surface area contributed by atoms with Gasteiger partial charge in [0.05, 0.1) is 18.1 Å². The molecule has 0 aliphatic heterocycles. The average Bonchev–Trinajstić information content (AvgIpc) is 3.03. The number of carbonyl (C=O) groups excluding carboxylic acids is 1. The molecule has 2 rings (SSSR count). The largest absolute Gasteiger partial charge is 0.478 e. The van der Waals surface area contributed by atoms with E-state index in [2.05, 4.69) is 5.32 Å². The van der Waals surface area contributed by atoms with Crippen LogP contribution in [-0.2, 0) is 17.6 Å². The van der Waals surface area contributed by atoms with Crippen molar-refractivity contribution in [1.82, 2.24) is 0 Å². The summed E-state index contributed by atoms with van der Waals surface area (Å²) in [6, 6.07) is 1.81. The van der Waals surface area contributed by atoms with Gasteiger partial charge in [0.2, 0.25) is 5.91 Å². The molecule has 0 saturated heterocycles. The van der Waals surface area contributed by atoms with E-state index in [0.29, 0.717) is 17.8 Å². The first-order valence-corrected chi connectivity index (χ1v) is 7.51. The number of anilines is 1. The first kappa shape index (κ1) is 15.3. The summed E-state index contributed by atoms with van der Waals surface area (Å²) in [5.41, 5.74) is 1.95. The quantitative estimate of drug-likeness (QED) is 0.856. The highest BCUT2D eigenvalue weighted by Gasteiger charge is 2.21. The Balaban J connectivity index is 2.08. The normalized spacial score (nSPS) is 10.6. The zero-order chi connectivity index (χ0) is 15.4. The van der Waals surface area contributed by atoms with Gasteiger partial charge in [-0.15, -0.1) is 11.3 Å². The maximum atomic E-state index is 12.0. The zero-order valence-electron chi connectivity index (χ0n) is 11.9. The second kappa shape index (κ2) is 6.58. The van der Waals surface area contributed by atoms with Crippen LogP contribution in [0.1, 0.15) is 39.7 Å². The van der Waals surface area contributed by atoms with Crippen LogP contribution >= 0.6 is 11.3 Å². The van der Waals surface area contributed by atoms with Gasteiger partial charge in [-0.2, -0.15) is 0 Å². The van der Waals surface area contributed by atoms with Crippen molar-refractivity contribution in [3.8, 4) is 0 Å². The number of nitrogens with one attached hydrogen (secondary N) is 1. The van der Waals surface area contributed by atoms with E-state index < -0.39 is 5.97 Å². The summed E-state index contributed by atoms with van der Waals surface area (Å²) in [5, 5.41) is 12.5. The van der Waals surface area contributed by atoms with Gasteiger partial charge in [-0.1, -0.05) is 6.92 Å². The van der Waals surface area contributed by atoms with Crippen molar-refractivity contribution < 1.29 is 19.1 Å². The number of hydrogen-bond donors (Lipinski definition) is 2. The maximum Gasteiger partial charge on any atom is 0.339 e. The lowest BCUT2D eigenvalue weighted by Gasteiger charge is -2.04. The molecule has 2 aromatic heterocycles. The molecular weight excluding hydrogens is 290 g/mol. The van der Waals surface area contributed by atoms with E-state index in [1.807, 2.05) is 13.8 Å². The lowest BCUT2D eigenvalue weighted by atomic mass is 10.1. The van der Waals surface area contributed by atoms with Gasteiger partial charge >= 0.3 is 5.97 Å². The monoisotopic (exact) mass is 307 g/mol. The van der Waals surface area contributed by atoms with E-state index in [4.69, 9.17) is 4.42 Å². The third kappa shape index (κ3) is 3.52. The standard InChI is InChI=1S/C15H17NO4S/c1-3-11-9(2)21-14(13(11)15(18)19)16-12(17)5-4-10-6-7-20-8-10/h6-8H,3-5H2,1-2H3,(H,16,17)(H,18,19). The van der Waals surface area contributed by atoms with Gasteiger partial charge in [-0.3, -0.25) is 4.79 Å². The van der Waals surface area contributed by atoms with Crippen molar-refractivity contribution in [3.05, 3.63) is 40.2 Å². The van der Waals surface area contributed by atoms with Gasteiger partial charge in [-0.25, -0.2) is 4.79 Å². The predicted molar refractivity (Wildman–Crippen MR) is 81.1 cm³/mol. The molecule has 0 fully saturated rings. The third-order valence-electron chi connectivity index (χ3n) is 3.25. The fourth-order valence-corrected chi connectivity index (χ4v) is 3.35. The Labute approximate surface area is 126 Å². The topological polar surface area (TPSA) is 79.5 Å². The Morgan fingerprint density at radius 2 is 2.19 bits per heavy atom. The number of amides is 1. The van der Waals surface area contributed by atoms with Crippen molar-refractivity contribution in [3.63, 3.8) is 0 Å². The van der Waals surface area contributed by atoms with Gasteiger partial charge in [0.1, 0.15) is 5.00 Å². The fraction of sp³-hybridized carbons (Fsp3) is 0.333. The number of rotatable bonds is 6. The fourth-order valence-electron chi connectivity index (χ4n) is 2.20. The Morgan fingerprint density at radius 3 is 2.76 bits per heavy atom. The van der Waals surface area contributed by atoms with E-state index >= 15 is 0 Å². The number of hydrogen-bond acceptors (Lipinski definition) is 4. The number of aryl methyl sites for hydroxylation is 2. The zero-order valence-corrected chi connectivity index (χ0v) is 12.8. The summed E-state index contributed by atoms with van der Waals surface area (Å²) in [6.45, 7) is 3.78. The molecule has 21 heavy (non-hydrogen) atoms. The number of carboxylic acids is 1. The number of carbonyl (C=O) groups is 2. The van der Waals surface area contributed by atoms with E-state index in [-0.39, 0.29) is 17.9 Å². The number of thiophene rings is 1. The molecule has 112 valence electrons. The molecule has 0 aromatic carbocycles. The molecule has 0 spiro atoms. The van der Waals surface area contributed by atoms with Gasteiger partial charge in [-0.05, 0) is 37.0 Å². The highest BCUT2D eigenvalue weighted by Crippen LogP contribution is 2.33. The summed E-state index contributed by atoms with van der Waals surface area (Å²) >= 11 is 1.31. The first-order chi connectivity index (χ1) is 10.0. The Hall–Kier alpha value is -2.08. The summed E-state index contributed by atoms with van der Waals surface area (Å²) in [4.78, 5) is 24.3. The molecule has 1 amide bonds. The van der Waals surface area contributed by atoms with Crippen molar-refractivity contribution in [2.24, 2.45) is 0 Å². The second-order valence-corrected chi connectivity index (χ2v) is 5.90. The molecule has 2 N–H and O–H groups in total.